The number of methoxy groups -OCH3 is 2. The number of imide groups is 2. The number of allylic oxidation sites excluding steroid dienone is 1. The summed E-state index contributed by atoms with van der Waals surface area (Å²) in [5.41, 5.74) is -0.0128. The van der Waals surface area contributed by atoms with Gasteiger partial charge in [0, 0.05) is 16.9 Å². The van der Waals surface area contributed by atoms with Gasteiger partial charge in [-0.3, -0.25) is 29.0 Å². The molecule has 3 aliphatic carbocycles. The molecule has 2 bridgehead atoms. The van der Waals surface area contributed by atoms with E-state index in [-0.39, 0.29) is 12.2 Å². The van der Waals surface area contributed by atoms with Crippen molar-refractivity contribution < 1.29 is 38.2 Å². The maximum atomic E-state index is 14.2. The van der Waals surface area contributed by atoms with Gasteiger partial charge in [0.1, 0.15) is 11.5 Å². The number of esters is 1. The number of carbonyl (C=O) groups is 5. The van der Waals surface area contributed by atoms with Gasteiger partial charge in [0.05, 0.1) is 55.9 Å². The van der Waals surface area contributed by atoms with Crippen LogP contribution in [0.5, 0.6) is 11.5 Å². The smallest absolute Gasteiger partial charge is 0.334 e. The molecule has 212 valence electrons. The van der Waals surface area contributed by atoms with E-state index >= 15 is 0 Å². The lowest BCUT2D eigenvalue weighted by Crippen LogP contribution is -2.61. The van der Waals surface area contributed by atoms with Gasteiger partial charge < -0.3 is 14.2 Å². The molecule has 4 amide bonds. The molecule has 0 spiro atoms. The molecule has 2 aliphatic heterocycles. The number of hydrogen-bond donors (Lipinski definition) is 0. The Labute approximate surface area is 236 Å². The van der Waals surface area contributed by atoms with Crippen LogP contribution in [0.2, 0.25) is 0 Å². The maximum absolute atomic E-state index is 14.2. The van der Waals surface area contributed by atoms with E-state index in [2.05, 4.69) is 0 Å². The molecule has 10 heteroatoms. The number of carbonyl (C=O) groups excluding carboxylic acids is 5. The molecule has 1 saturated carbocycles. The van der Waals surface area contributed by atoms with Crippen molar-refractivity contribution in [1.82, 2.24) is 0 Å². The van der Waals surface area contributed by atoms with Gasteiger partial charge in [0.2, 0.25) is 23.6 Å². The molecular formula is C31H30N2O8. The largest absolute Gasteiger partial charge is 0.497 e. The quantitative estimate of drug-likeness (QED) is 0.392. The molecule has 5 aliphatic rings. The SMILES string of the molecule is CCOC(=O)C1=C(C)C2[C@H]3C(=O)N(c4ccc(OC)cc4)C(=O)[C@H]3C1(C)[C@@H]1C(=O)N(c3ccc(OC)cc3)C(=O)[C@H]21. The first-order valence-electron chi connectivity index (χ1n) is 13.5. The second-order valence-corrected chi connectivity index (χ2v) is 11.0. The molecule has 2 aromatic rings. The highest BCUT2D eigenvalue weighted by Gasteiger charge is 2.77. The number of rotatable bonds is 6. The summed E-state index contributed by atoms with van der Waals surface area (Å²) in [7, 11) is 3.03. The van der Waals surface area contributed by atoms with E-state index in [1.165, 1.54) is 14.2 Å². The number of anilines is 2. The van der Waals surface area contributed by atoms with Crippen LogP contribution in [0.25, 0.3) is 0 Å². The summed E-state index contributed by atoms with van der Waals surface area (Å²) >= 11 is 0. The van der Waals surface area contributed by atoms with Crippen molar-refractivity contribution in [1.29, 1.82) is 0 Å². The van der Waals surface area contributed by atoms with Gasteiger partial charge in [-0.1, -0.05) is 12.5 Å². The minimum absolute atomic E-state index is 0.0915. The Balaban J connectivity index is 1.51. The first kappa shape index (κ1) is 26.7. The van der Waals surface area contributed by atoms with Gasteiger partial charge in [-0.25, -0.2) is 4.79 Å². The van der Waals surface area contributed by atoms with Gasteiger partial charge >= 0.3 is 5.97 Å². The van der Waals surface area contributed by atoms with E-state index in [0.717, 1.165) is 9.80 Å². The fourth-order valence-electron chi connectivity index (χ4n) is 7.78. The summed E-state index contributed by atoms with van der Waals surface area (Å²) < 4.78 is 15.9. The molecule has 2 aromatic carbocycles. The Morgan fingerprint density at radius 1 is 0.732 bits per heavy atom. The van der Waals surface area contributed by atoms with E-state index in [1.807, 2.05) is 0 Å². The molecule has 4 atom stereocenters. The Hall–Kier alpha value is -4.47. The molecule has 0 unspecified atom stereocenters. The first-order chi connectivity index (χ1) is 19.6. The fourth-order valence-corrected chi connectivity index (χ4v) is 7.78. The van der Waals surface area contributed by atoms with E-state index in [1.54, 1.807) is 69.3 Å². The number of amides is 4. The Bertz CT molecular complexity index is 1430. The minimum atomic E-state index is -1.46. The molecule has 2 saturated heterocycles. The molecule has 0 aromatic heterocycles. The molecule has 10 nitrogen and oxygen atoms in total. The minimum Gasteiger partial charge on any atom is -0.497 e. The zero-order valence-corrected chi connectivity index (χ0v) is 23.4. The van der Waals surface area contributed by atoms with Gasteiger partial charge in [0.25, 0.3) is 0 Å². The lowest BCUT2D eigenvalue weighted by Gasteiger charge is -2.55. The van der Waals surface area contributed by atoms with Crippen molar-refractivity contribution in [2.75, 3.05) is 30.6 Å². The van der Waals surface area contributed by atoms with Crippen molar-refractivity contribution >= 4 is 41.0 Å². The van der Waals surface area contributed by atoms with E-state index < -0.39 is 64.6 Å². The summed E-state index contributed by atoms with van der Waals surface area (Å²) in [6.07, 6.45) is 0. The highest BCUT2D eigenvalue weighted by molar-refractivity contribution is 6.27. The molecule has 41 heavy (non-hydrogen) atoms. The number of ether oxygens (including phenoxy) is 3. The van der Waals surface area contributed by atoms with Crippen LogP contribution in [0, 0.1) is 35.0 Å². The van der Waals surface area contributed by atoms with Crippen molar-refractivity contribution in [2.45, 2.75) is 20.8 Å². The predicted octanol–water partition coefficient (Wildman–Crippen LogP) is 3.14. The van der Waals surface area contributed by atoms with Crippen molar-refractivity contribution in [3.05, 3.63) is 59.7 Å². The lowest BCUT2D eigenvalue weighted by molar-refractivity contribution is -0.155. The monoisotopic (exact) mass is 558 g/mol. The molecule has 0 radical (unpaired) electrons. The van der Waals surface area contributed by atoms with Crippen LogP contribution < -0.4 is 19.3 Å². The summed E-state index contributed by atoms with van der Waals surface area (Å²) in [5.74, 6) is -6.15. The second-order valence-electron chi connectivity index (χ2n) is 11.0. The van der Waals surface area contributed by atoms with Crippen LogP contribution in [0.3, 0.4) is 0 Å². The zero-order valence-electron chi connectivity index (χ0n) is 23.4. The number of nitrogens with zero attached hydrogens (tertiary/aromatic N) is 2. The van der Waals surface area contributed by atoms with Crippen LogP contribution in [0.15, 0.2) is 59.7 Å². The topological polar surface area (TPSA) is 120 Å². The number of hydrogen-bond acceptors (Lipinski definition) is 8. The fraction of sp³-hybridized carbons (Fsp3) is 0.387. The van der Waals surface area contributed by atoms with Crippen LogP contribution in [0.1, 0.15) is 20.8 Å². The van der Waals surface area contributed by atoms with Crippen molar-refractivity contribution in [3.8, 4) is 11.5 Å². The average molecular weight is 559 g/mol. The summed E-state index contributed by atoms with van der Waals surface area (Å²) in [5, 5.41) is 0. The van der Waals surface area contributed by atoms with E-state index in [4.69, 9.17) is 14.2 Å². The lowest BCUT2D eigenvalue weighted by atomic mass is 9.43. The molecular weight excluding hydrogens is 528 g/mol. The van der Waals surface area contributed by atoms with Crippen LogP contribution >= 0.6 is 0 Å². The summed E-state index contributed by atoms with van der Waals surface area (Å²) in [6, 6.07) is 13.1. The van der Waals surface area contributed by atoms with Crippen LogP contribution in [-0.4, -0.2) is 50.4 Å². The third-order valence-electron chi connectivity index (χ3n) is 9.34. The van der Waals surface area contributed by atoms with Gasteiger partial charge in [0.15, 0.2) is 0 Å². The molecule has 3 fully saturated rings. The van der Waals surface area contributed by atoms with Gasteiger partial charge in [-0.2, -0.15) is 0 Å². The van der Waals surface area contributed by atoms with Crippen LogP contribution in [-0.2, 0) is 28.7 Å². The Morgan fingerprint density at radius 3 is 1.51 bits per heavy atom. The van der Waals surface area contributed by atoms with E-state index in [0.29, 0.717) is 28.4 Å². The van der Waals surface area contributed by atoms with E-state index in [9.17, 15) is 24.0 Å². The molecule has 2 heterocycles. The highest BCUT2D eigenvalue weighted by atomic mass is 16.5. The molecule has 0 N–H and O–H groups in total. The number of benzene rings is 2. The normalized spacial score (nSPS) is 30.1. The van der Waals surface area contributed by atoms with Crippen molar-refractivity contribution in [2.24, 2.45) is 35.0 Å². The second kappa shape index (κ2) is 9.29. The standard InChI is InChI=1S/C31H30N2O8/c1-6-41-30(38)23-15(2)20-21-24(28(36)32(26(21)34)16-7-11-18(39-4)12-8-16)31(23,3)25-22(20)27(35)33(29(25)37)17-9-13-19(40-5)14-10-17/h7-14,20-22,24-25H,6H2,1-5H3/t20?,21-,22-,24+,25+,31?/m1/s1. The van der Waals surface area contributed by atoms with Crippen LogP contribution in [0.4, 0.5) is 11.4 Å². The van der Waals surface area contributed by atoms with Crippen molar-refractivity contribution in [3.63, 3.8) is 0 Å². The first-order valence-corrected chi connectivity index (χ1v) is 13.5. The highest BCUT2D eigenvalue weighted by Crippen LogP contribution is 2.68. The third-order valence-corrected chi connectivity index (χ3v) is 9.34. The predicted molar refractivity (Wildman–Crippen MR) is 146 cm³/mol. The summed E-state index contributed by atoms with van der Waals surface area (Å²) in [4.78, 5) is 72.3. The zero-order chi connectivity index (χ0) is 29.4. The summed E-state index contributed by atoms with van der Waals surface area (Å²) in [6.45, 7) is 5.14. The third kappa shape index (κ3) is 3.39. The Morgan fingerprint density at radius 2 is 1.15 bits per heavy atom. The van der Waals surface area contributed by atoms with Gasteiger partial charge in [-0.05, 0) is 62.4 Å². The average Bonchev–Trinajstić information content (AvgIpc) is 3.39. The Kier molecular flexibility index (Phi) is 6.06. The molecule has 7 rings (SSSR count). The van der Waals surface area contributed by atoms with Gasteiger partial charge in [-0.15, -0.1) is 0 Å². The maximum Gasteiger partial charge on any atom is 0.334 e.